The van der Waals surface area contributed by atoms with E-state index in [1.165, 1.54) is 17.8 Å². The van der Waals surface area contributed by atoms with Crippen molar-refractivity contribution in [2.45, 2.75) is 31.7 Å². The number of aliphatic imine (C=N–C) groups is 1. The first-order valence-electron chi connectivity index (χ1n) is 6.60. The van der Waals surface area contributed by atoms with Crippen LogP contribution in [0.5, 0.6) is 0 Å². The highest BCUT2D eigenvalue weighted by Gasteiger charge is 2.34. The predicted molar refractivity (Wildman–Crippen MR) is 78.2 cm³/mol. The maximum atomic E-state index is 13.2. The van der Waals surface area contributed by atoms with E-state index in [9.17, 15) is 17.6 Å². The van der Waals surface area contributed by atoms with Gasteiger partial charge >= 0.3 is 6.18 Å². The van der Waals surface area contributed by atoms with E-state index in [2.05, 4.69) is 24.2 Å². The molecule has 2 rings (SSSR count). The number of halogens is 4. The van der Waals surface area contributed by atoms with Crippen LogP contribution in [0, 0.1) is 11.7 Å². The van der Waals surface area contributed by atoms with E-state index in [4.69, 9.17) is 0 Å². The van der Waals surface area contributed by atoms with Gasteiger partial charge in [-0.2, -0.15) is 13.2 Å². The number of hydrogen-bond acceptors (Lipinski definition) is 3. The van der Waals surface area contributed by atoms with Gasteiger partial charge in [-0.15, -0.1) is 0 Å². The molecule has 0 radical (unpaired) electrons. The highest BCUT2D eigenvalue weighted by atomic mass is 32.2. The Morgan fingerprint density at radius 2 is 2.10 bits per heavy atom. The average Bonchev–Trinajstić information content (AvgIpc) is 2.76. The molecular weight excluding hydrogens is 304 g/mol. The van der Waals surface area contributed by atoms with E-state index in [-0.39, 0.29) is 5.69 Å². The van der Waals surface area contributed by atoms with Crippen molar-refractivity contribution in [1.29, 1.82) is 0 Å². The van der Waals surface area contributed by atoms with Gasteiger partial charge in [0, 0.05) is 10.9 Å². The van der Waals surface area contributed by atoms with Gasteiger partial charge in [0.2, 0.25) is 0 Å². The Labute approximate surface area is 125 Å². The van der Waals surface area contributed by atoms with Crippen LogP contribution < -0.4 is 5.32 Å². The second-order valence-electron chi connectivity index (χ2n) is 5.33. The van der Waals surface area contributed by atoms with Crippen LogP contribution in [0.2, 0.25) is 0 Å². The highest BCUT2D eigenvalue weighted by molar-refractivity contribution is 8.15. The summed E-state index contributed by atoms with van der Waals surface area (Å²) in [6.45, 7) is 4.88. The van der Waals surface area contributed by atoms with Gasteiger partial charge in [0.25, 0.3) is 0 Å². The van der Waals surface area contributed by atoms with Gasteiger partial charge in [0.1, 0.15) is 5.82 Å². The molecule has 116 valence electrons. The fourth-order valence-corrected chi connectivity index (χ4v) is 3.35. The van der Waals surface area contributed by atoms with Crippen molar-refractivity contribution in [2.24, 2.45) is 10.9 Å². The van der Waals surface area contributed by atoms with Crippen LogP contribution in [0.3, 0.4) is 0 Å². The van der Waals surface area contributed by atoms with Gasteiger partial charge in [-0.1, -0.05) is 25.6 Å². The molecule has 1 N–H and O–H groups in total. The summed E-state index contributed by atoms with van der Waals surface area (Å²) in [7, 11) is 0. The Kier molecular flexibility index (Phi) is 4.81. The summed E-state index contributed by atoms with van der Waals surface area (Å²) >= 11 is 1.52. The SMILES string of the molecule is CC(C)CC1CN=C(Nc2ccc(F)c(C(F)(F)F)c2)S1. The molecule has 7 heteroatoms. The Morgan fingerprint density at radius 3 is 2.71 bits per heavy atom. The Balaban J connectivity index is 2.05. The summed E-state index contributed by atoms with van der Waals surface area (Å²) < 4.78 is 51.1. The molecule has 0 aliphatic carbocycles. The first-order chi connectivity index (χ1) is 9.75. The molecule has 1 aromatic carbocycles. The smallest absolute Gasteiger partial charge is 0.335 e. The summed E-state index contributed by atoms with van der Waals surface area (Å²) in [5.74, 6) is -0.730. The number of thioether (sulfide) groups is 1. The number of hydrogen-bond donors (Lipinski definition) is 1. The summed E-state index contributed by atoms with van der Waals surface area (Å²) in [6, 6.07) is 2.87. The molecule has 0 bridgehead atoms. The molecule has 21 heavy (non-hydrogen) atoms. The topological polar surface area (TPSA) is 24.4 Å². The molecule has 0 aromatic heterocycles. The zero-order chi connectivity index (χ0) is 15.6. The second-order valence-corrected chi connectivity index (χ2v) is 6.62. The lowest BCUT2D eigenvalue weighted by Crippen LogP contribution is -2.12. The largest absolute Gasteiger partial charge is 0.419 e. The molecule has 1 atom stereocenters. The number of anilines is 1. The van der Waals surface area contributed by atoms with Crippen LogP contribution in [0.15, 0.2) is 23.2 Å². The Bertz CT molecular complexity index is 540. The van der Waals surface area contributed by atoms with E-state index in [1.54, 1.807) is 0 Å². The summed E-state index contributed by atoms with van der Waals surface area (Å²) in [6.07, 6.45) is -3.71. The molecule has 0 saturated carbocycles. The van der Waals surface area contributed by atoms with Crippen LogP contribution in [-0.2, 0) is 6.18 Å². The fourth-order valence-electron chi connectivity index (χ4n) is 2.08. The van der Waals surface area contributed by atoms with Crippen LogP contribution in [0.4, 0.5) is 23.2 Å². The van der Waals surface area contributed by atoms with Crippen molar-refractivity contribution in [1.82, 2.24) is 0 Å². The number of rotatable bonds is 3. The van der Waals surface area contributed by atoms with Crippen molar-refractivity contribution >= 4 is 22.6 Å². The van der Waals surface area contributed by atoms with Crippen LogP contribution in [0.1, 0.15) is 25.8 Å². The van der Waals surface area contributed by atoms with Crippen molar-refractivity contribution in [2.75, 3.05) is 11.9 Å². The lowest BCUT2D eigenvalue weighted by atomic mass is 10.1. The third-order valence-electron chi connectivity index (χ3n) is 2.97. The van der Waals surface area contributed by atoms with Crippen molar-refractivity contribution in [3.05, 3.63) is 29.6 Å². The van der Waals surface area contributed by atoms with Crippen LogP contribution in [-0.4, -0.2) is 17.0 Å². The van der Waals surface area contributed by atoms with E-state index >= 15 is 0 Å². The van der Waals surface area contributed by atoms with Gasteiger partial charge in [-0.05, 0) is 30.5 Å². The maximum Gasteiger partial charge on any atom is 0.419 e. The molecule has 1 aliphatic rings. The van der Waals surface area contributed by atoms with Crippen LogP contribution >= 0.6 is 11.8 Å². The fraction of sp³-hybridized carbons (Fsp3) is 0.500. The number of amidine groups is 1. The van der Waals surface area contributed by atoms with Gasteiger partial charge in [0.05, 0.1) is 12.1 Å². The minimum Gasteiger partial charge on any atom is -0.335 e. The van der Waals surface area contributed by atoms with Gasteiger partial charge < -0.3 is 5.32 Å². The molecular formula is C14H16F4N2S. The first kappa shape index (κ1) is 16.1. The lowest BCUT2D eigenvalue weighted by molar-refractivity contribution is -0.139. The van der Waals surface area contributed by atoms with E-state index in [0.717, 1.165) is 18.6 Å². The Morgan fingerprint density at radius 1 is 1.38 bits per heavy atom. The third-order valence-corrected chi connectivity index (χ3v) is 4.10. The van der Waals surface area contributed by atoms with Crippen molar-refractivity contribution < 1.29 is 17.6 Å². The zero-order valence-corrected chi connectivity index (χ0v) is 12.5. The van der Waals surface area contributed by atoms with E-state index in [0.29, 0.717) is 22.9 Å². The molecule has 1 heterocycles. The van der Waals surface area contributed by atoms with E-state index in [1.807, 2.05) is 0 Å². The second kappa shape index (κ2) is 6.25. The summed E-state index contributed by atoms with van der Waals surface area (Å²) in [5.41, 5.74) is -1.07. The standard InChI is InChI=1S/C14H16F4N2S/c1-8(2)5-10-7-19-13(21-10)20-9-3-4-12(15)11(6-9)14(16,17)18/h3-4,6,8,10H,5,7H2,1-2H3,(H,19,20). The summed E-state index contributed by atoms with van der Waals surface area (Å²) in [5, 5.41) is 3.76. The minimum absolute atomic E-state index is 0.195. The molecule has 2 nitrogen and oxygen atoms in total. The molecule has 0 spiro atoms. The van der Waals surface area contributed by atoms with Crippen molar-refractivity contribution in [3.8, 4) is 0 Å². The molecule has 0 saturated heterocycles. The predicted octanol–water partition coefficient (Wildman–Crippen LogP) is 4.77. The minimum atomic E-state index is -4.70. The number of alkyl halides is 3. The van der Waals surface area contributed by atoms with Gasteiger partial charge in [-0.3, -0.25) is 4.99 Å². The molecule has 0 fully saturated rings. The number of nitrogens with zero attached hydrogens (tertiary/aromatic N) is 1. The number of benzene rings is 1. The number of nitrogens with one attached hydrogen (secondary N) is 1. The molecule has 1 aliphatic heterocycles. The molecule has 1 aromatic rings. The van der Waals surface area contributed by atoms with Crippen molar-refractivity contribution in [3.63, 3.8) is 0 Å². The lowest BCUT2D eigenvalue weighted by Gasteiger charge is -2.13. The van der Waals surface area contributed by atoms with Gasteiger partial charge in [0.15, 0.2) is 5.17 Å². The van der Waals surface area contributed by atoms with Gasteiger partial charge in [-0.25, -0.2) is 4.39 Å². The normalized spacial score (nSPS) is 19.0. The first-order valence-corrected chi connectivity index (χ1v) is 7.48. The zero-order valence-electron chi connectivity index (χ0n) is 11.7. The van der Waals surface area contributed by atoms with Crippen LogP contribution in [0.25, 0.3) is 0 Å². The quantitative estimate of drug-likeness (QED) is 0.811. The Hall–Kier alpha value is -1.24. The maximum absolute atomic E-state index is 13.2. The highest BCUT2D eigenvalue weighted by Crippen LogP contribution is 2.34. The third kappa shape index (κ3) is 4.36. The molecule has 1 unspecified atom stereocenters. The summed E-state index contributed by atoms with van der Waals surface area (Å²) in [4.78, 5) is 4.27. The average molecular weight is 320 g/mol. The monoisotopic (exact) mass is 320 g/mol. The van der Waals surface area contributed by atoms with E-state index < -0.39 is 17.6 Å². The molecule has 0 amide bonds.